The minimum Gasteiger partial charge on any atom is -0.489 e. The summed E-state index contributed by atoms with van der Waals surface area (Å²) in [5.74, 6) is 0.719. The molecular formula is C18H18N2O2. The highest BCUT2D eigenvalue weighted by atomic mass is 16.5. The van der Waals surface area contributed by atoms with Crippen LogP contribution in [0.15, 0.2) is 60.7 Å². The van der Waals surface area contributed by atoms with Crippen LogP contribution in [0.1, 0.15) is 29.0 Å². The summed E-state index contributed by atoms with van der Waals surface area (Å²) in [4.78, 5) is 12.1. The Morgan fingerprint density at radius 1 is 1.14 bits per heavy atom. The minimum atomic E-state index is -0.238. The van der Waals surface area contributed by atoms with Crippen LogP contribution in [0, 0.1) is 0 Å². The normalized spacial score (nSPS) is 16.2. The van der Waals surface area contributed by atoms with Crippen molar-refractivity contribution in [3.63, 3.8) is 0 Å². The van der Waals surface area contributed by atoms with Gasteiger partial charge in [-0.2, -0.15) is 0 Å². The second-order valence-electron chi connectivity index (χ2n) is 5.41. The van der Waals surface area contributed by atoms with Crippen LogP contribution in [0.3, 0.4) is 0 Å². The lowest BCUT2D eigenvalue weighted by atomic mass is 10.1. The first-order chi connectivity index (χ1) is 10.6. The predicted molar refractivity (Wildman–Crippen MR) is 87.0 cm³/mol. The molecule has 1 aliphatic heterocycles. The smallest absolute Gasteiger partial charge is 0.255 e. The third-order valence-electron chi connectivity index (χ3n) is 3.45. The van der Waals surface area contributed by atoms with Gasteiger partial charge in [0.2, 0.25) is 0 Å². The number of amides is 1. The van der Waals surface area contributed by atoms with Crippen LogP contribution in [0.4, 0.5) is 5.69 Å². The third-order valence-corrected chi connectivity index (χ3v) is 3.45. The van der Waals surface area contributed by atoms with E-state index in [0.29, 0.717) is 12.2 Å². The van der Waals surface area contributed by atoms with E-state index in [-0.39, 0.29) is 12.1 Å². The highest BCUT2D eigenvalue weighted by Crippen LogP contribution is 2.27. The van der Waals surface area contributed by atoms with Crippen molar-refractivity contribution in [2.45, 2.75) is 13.1 Å². The van der Waals surface area contributed by atoms with Crippen LogP contribution >= 0.6 is 0 Å². The molecule has 0 saturated heterocycles. The first kappa shape index (κ1) is 14.2. The number of anilines is 1. The molecule has 1 amide bonds. The van der Waals surface area contributed by atoms with Gasteiger partial charge in [0.1, 0.15) is 18.5 Å². The number of hydrogen-bond donors (Lipinski definition) is 2. The Balaban J connectivity index is 1.75. The van der Waals surface area contributed by atoms with E-state index < -0.39 is 0 Å². The van der Waals surface area contributed by atoms with Gasteiger partial charge in [0.25, 0.3) is 5.91 Å². The molecule has 2 N–H and O–H groups in total. The van der Waals surface area contributed by atoms with Crippen molar-refractivity contribution < 1.29 is 9.53 Å². The van der Waals surface area contributed by atoms with Crippen LogP contribution in [-0.2, 0) is 0 Å². The maximum Gasteiger partial charge on any atom is 0.255 e. The number of fused-ring (bicyclic) bond motifs is 1. The summed E-state index contributed by atoms with van der Waals surface area (Å²) in [5, 5.41) is 6.28. The van der Waals surface area contributed by atoms with E-state index in [9.17, 15) is 4.79 Å². The molecule has 0 fully saturated rings. The summed E-state index contributed by atoms with van der Waals surface area (Å²) >= 11 is 0. The SMILES string of the molecule is C=C(C)COc1ccc(C2NC(=O)c3ccccc3N2)cc1. The number of hydrogen-bond acceptors (Lipinski definition) is 3. The van der Waals surface area contributed by atoms with Gasteiger partial charge < -0.3 is 15.4 Å². The van der Waals surface area contributed by atoms with Gasteiger partial charge in [-0.15, -0.1) is 0 Å². The molecule has 0 radical (unpaired) electrons. The Labute approximate surface area is 129 Å². The molecule has 0 saturated carbocycles. The van der Waals surface area contributed by atoms with E-state index in [2.05, 4.69) is 17.2 Å². The molecule has 1 aliphatic rings. The molecule has 2 aromatic rings. The standard InChI is InChI=1S/C18H18N2O2/c1-12(2)11-22-14-9-7-13(8-10-14)17-19-16-6-4-3-5-15(16)18(21)20-17/h3-10,17,19H,1,11H2,2H3,(H,20,21). The van der Waals surface area contributed by atoms with Crippen molar-refractivity contribution in [2.75, 3.05) is 11.9 Å². The number of ether oxygens (including phenoxy) is 1. The molecule has 0 spiro atoms. The topological polar surface area (TPSA) is 50.4 Å². The Morgan fingerprint density at radius 3 is 2.59 bits per heavy atom. The quantitative estimate of drug-likeness (QED) is 0.849. The van der Waals surface area contributed by atoms with E-state index in [0.717, 1.165) is 22.6 Å². The molecule has 4 heteroatoms. The maximum absolute atomic E-state index is 12.1. The third kappa shape index (κ3) is 2.96. The van der Waals surface area contributed by atoms with Crippen LogP contribution in [0.2, 0.25) is 0 Å². The lowest BCUT2D eigenvalue weighted by Gasteiger charge is -2.28. The molecule has 0 bridgehead atoms. The van der Waals surface area contributed by atoms with Crippen molar-refractivity contribution in [2.24, 2.45) is 0 Å². The molecular weight excluding hydrogens is 276 g/mol. The van der Waals surface area contributed by atoms with Crippen LogP contribution in [0.5, 0.6) is 5.75 Å². The fourth-order valence-corrected chi connectivity index (χ4v) is 2.34. The molecule has 112 valence electrons. The van der Waals surface area contributed by atoms with E-state index >= 15 is 0 Å². The second kappa shape index (κ2) is 5.93. The number of carbonyl (C=O) groups is 1. The van der Waals surface area contributed by atoms with Crippen LogP contribution in [0.25, 0.3) is 0 Å². The van der Waals surface area contributed by atoms with Gasteiger partial charge >= 0.3 is 0 Å². The van der Waals surface area contributed by atoms with E-state index in [4.69, 9.17) is 4.74 Å². The molecule has 1 heterocycles. The van der Waals surface area contributed by atoms with Gasteiger partial charge in [0.05, 0.1) is 5.56 Å². The zero-order chi connectivity index (χ0) is 15.5. The van der Waals surface area contributed by atoms with Crippen LogP contribution in [-0.4, -0.2) is 12.5 Å². The number of rotatable bonds is 4. The molecule has 2 aromatic carbocycles. The largest absolute Gasteiger partial charge is 0.489 e. The van der Waals surface area contributed by atoms with Crippen molar-refractivity contribution in [1.29, 1.82) is 0 Å². The Kier molecular flexibility index (Phi) is 3.83. The fraction of sp³-hybridized carbons (Fsp3) is 0.167. The zero-order valence-electron chi connectivity index (χ0n) is 12.4. The number of carbonyl (C=O) groups excluding carboxylic acids is 1. The summed E-state index contributed by atoms with van der Waals surface area (Å²) in [5.41, 5.74) is 3.46. The zero-order valence-corrected chi connectivity index (χ0v) is 12.4. The first-order valence-corrected chi connectivity index (χ1v) is 7.17. The van der Waals surface area contributed by atoms with Gasteiger partial charge in [-0.1, -0.05) is 30.8 Å². The number of benzene rings is 2. The van der Waals surface area contributed by atoms with E-state index in [1.54, 1.807) is 0 Å². The molecule has 4 nitrogen and oxygen atoms in total. The van der Waals surface area contributed by atoms with Gasteiger partial charge in [0.15, 0.2) is 0 Å². The van der Waals surface area contributed by atoms with E-state index in [1.807, 2.05) is 55.5 Å². The van der Waals surface area contributed by atoms with Crippen molar-refractivity contribution in [3.8, 4) is 5.75 Å². The highest BCUT2D eigenvalue weighted by Gasteiger charge is 2.23. The summed E-state index contributed by atoms with van der Waals surface area (Å²) in [6, 6.07) is 15.2. The number of nitrogens with one attached hydrogen (secondary N) is 2. The molecule has 0 aliphatic carbocycles. The van der Waals surface area contributed by atoms with E-state index in [1.165, 1.54) is 0 Å². The van der Waals surface area contributed by atoms with Crippen molar-refractivity contribution in [3.05, 3.63) is 71.8 Å². The monoisotopic (exact) mass is 294 g/mol. The van der Waals surface area contributed by atoms with Crippen molar-refractivity contribution in [1.82, 2.24) is 5.32 Å². The highest BCUT2D eigenvalue weighted by molar-refractivity contribution is 6.01. The second-order valence-corrected chi connectivity index (χ2v) is 5.41. The maximum atomic E-state index is 12.1. The molecule has 0 aromatic heterocycles. The summed E-state index contributed by atoms with van der Waals surface area (Å²) < 4.78 is 5.58. The predicted octanol–water partition coefficient (Wildman–Crippen LogP) is 3.50. The lowest BCUT2D eigenvalue weighted by molar-refractivity contribution is 0.0935. The Bertz CT molecular complexity index is 707. The van der Waals surface area contributed by atoms with Gasteiger partial charge in [-0.05, 0) is 42.3 Å². The summed E-state index contributed by atoms with van der Waals surface area (Å²) in [7, 11) is 0. The van der Waals surface area contributed by atoms with Gasteiger partial charge in [-0.25, -0.2) is 0 Å². The van der Waals surface area contributed by atoms with Crippen molar-refractivity contribution >= 4 is 11.6 Å². The lowest BCUT2D eigenvalue weighted by Crippen LogP contribution is -2.38. The van der Waals surface area contributed by atoms with Gasteiger partial charge in [-0.3, -0.25) is 4.79 Å². The average Bonchev–Trinajstić information content (AvgIpc) is 2.53. The first-order valence-electron chi connectivity index (χ1n) is 7.17. The minimum absolute atomic E-state index is 0.0676. The summed E-state index contributed by atoms with van der Waals surface area (Å²) in [6.07, 6.45) is -0.238. The van der Waals surface area contributed by atoms with Crippen LogP contribution < -0.4 is 15.4 Å². The molecule has 1 atom stereocenters. The molecule has 3 rings (SSSR count). The molecule has 1 unspecified atom stereocenters. The average molecular weight is 294 g/mol. The van der Waals surface area contributed by atoms with Gasteiger partial charge in [0, 0.05) is 5.69 Å². The molecule has 22 heavy (non-hydrogen) atoms. The Morgan fingerprint density at radius 2 is 1.86 bits per heavy atom. The fourth-order valence-electron chi connectivity index (χ4n) is 2.34. The Hall–Kier alpha value is -2.75. The number of para-hydroxylation sites is 1. The summed E-state index contributed by atoms with van der Waals surface area (Å²) in [6.45, 7) is 6.24.